The van der Waals surface area contributed by atoms with Crippen molar-refractivity contribution in [2.45, 2.75) is 6.92 Å². The summed E-state index contributed by atoms with van der Waals surface area (Å²) in [5.74, 6) is 0. The van der Waals surface area contributed by atoms with Crippen LogP contribution in [0.25, 0.3) is 0 Å². The van der Waals surface area contributed by atoms with E-state index in [0.29, 0.717) is 10.1 Å². The van der Waals surface area contributed by atoms with Crippen LogP contribution in [0.1, 0.15) is 12.5 Å². The third-order valence-electron chi connectivity index (χ3n) is 1.49. The van der Waals surface area contributed by atoms with E-state index in [2.05, 4.69) is 15.6 Å². The molecule has 0 aromatic carbocycles. The predicted molar refractivity (Wildman–Crippen MR) is 65.3 cm³/mol. The van der Waals surface area contributed by atoms with E-state index >= 15 is 0 Å². The zero-order chi connectivity index (χ0) is 10.4. The second-order valence-electron chi connectivity index (χ2n) is 2.56. The summed E-state index contributed by atoms with van der Waals surface area (Å²) in [6.07, 6.45) is 3.40. The van der Waals surface area contributed by atoms with Crippen LogP contribution in [0, 0.1) is 0 Å². The lowest BCUT2D eigenvalue weighted by molar-refractivity contribution is 0.958. The van der Waals surface area contributed by atoms with Gasteiger partial charge in [0.1, 0.15) is 4.99 Å². The highest BCUT2D eigenvalue weighted by molar-refractivity contribution is 7.82. The van der Waals surface area contributed by atoms with Crippen LogP contribution in [-0.2, 0) is 0 Å². The van der Waals surface area contributed by atoms with Crippen molar-refractivity contribution in [3.8, 4) is 0 Å². The van der Waals surface area contributed by atoms with Crippen molar-refractivity contribution in [1.29, 1.82) is 0 Å². The molecule has 14 heavy (non-hydrogen) atoms. The maximum absolute atomic E-state index is 5.13. The quantitative estimate of drug-likeness (QED) is 0.741. The van der Waals surface area contributed by atoms with E-state index in [-0.39, 0.29) is 0 Å². The molecule has 1 aromatic rings. The van der Waals surface area contributed by atoms with Gasteiger partial charge in [-0.2, -0.15) is 0 Å². The van der Waals surface area contributed by atoms with Crippen molar-refractivity contribution >= 4 is 34.5 Å². The van der Waals surface area contributed by atoms with Crippen molar-refractivity contribution in [3.05, 3.63) is 30.1 Å². The maximum atomic E-state index is 5.13. The first kappa shape index (κ1) is 11.0. The minimum Gasteiger partial charge on any atom is -0.363 e. The van der Waals surface area contributed by atoms with Gasteiger partial charge in [0.25, 0.3) is 0 Å². The van der Waals surface area contributed by atoms with Crippen molar-refractivity contribution in [2.24, 2.45) is 0 Å². The van der Waals surface area contributed by atoms with Gasteiger partial charge in [0, 0.05) is 24.5 Å². The Kier molecular flexibility index (Phi) is 4.42. The first-order valence-electron chi connectivity index (χ1n) is 4.23. The van der Waals surface area contributed by atoms with E-state index in [1.54, 1.807) is 12.4 Å². The molecule has 0 unspecified atom stereocenters. The molecular formula is C9H11N3S2. The normalized spacial score (nSPS) is 9.21. The molecule has 0 radical (unpaired) electrons. The minimum atomic E-state index is 0.543. The van der Waals surface area contributed by atoms with Crippen LogP contribution in [0.15, 0.2) is 24.5 Å². The summed E-state index contributed by atoms with van der Waals surface area (Å²) >= 11 is 10.1. The number of rotatable bonds is 2. The van der Waals surface area contributed by atoms with Crippen LogP contribution in [0.3, 0.4) is 0 Å². The highest BCUT2D eigenvalue weighted by Crippen LogP contribution is 1.96. The Labute approximate surface area is 93.9 Å². The van der Waals surface area contributed by atoms with Gasteiger partial charge in [-0.05, 0) is 31.3 Å². The fourth-order valence-corrected chi connectivity index (χ4v) is 1.41. The van der Waals surface area contributed by atoms with E-state index in [9.17, 15) is 0 Å². The first-order valence-corrected chi connectivity index (χ1v) is 5.05. The standard InChI is InChI=1S/C9H11N3S2/c1-2-11-9(14)12-8(13)7-4-3-5-10-6-7/h3-6H,2H2,1H3,(H2,11,12,13,14). The van der Waals surface area contributed by atoms with E-state index in [1.807, 2.05) is 19.1 Å². The fourth-order valence-electron chi connectivity index (χ4n) is 0.877. The Morgan fingerprint density at radius 3 is 2.86 bits per heavy atom. The van der Waals surface area contributed by atoms with Crippen LogP contribution in [0.4, 0.5) is 0 Å². The van der Waals surface area contributed by atoms with E-state index in [0.717, 1.165) is 12.1 Å². The Balaban J connectivity index is 2.55. The number of nitrogens with zero attached hydrogens (tertiary/aromatic N) is 1. The SMILES string of the molecule is CCNC(=S)NC(=S)c1cccnc1. The van der Waals surface area contributed by atoms with E-state index in [4.69, 9.17) is 24.4 Å². The highest BCUT2D eigenvalue weighted by atomic mass is 32.1. The monoisotopic (exact) mass is 225 g/mol. The van der Waals surface area contributed by atoms with Crippen molar-refractivity contribution in [1.82, 2.24) is 15.6 Å². The molecular weight excluding hydrogens is 214 g/mol. The maximum Gasteiger partial charge on any atom is 0.171 e. The topological polar surface area (TPSA) is 37.0 Å². The Bertz CT molecular complexity index is 324. The second-order valence-corrected chi connectivity index (χ2v) is 3.37. The molecule has 0 aliphatic carbocycles. The van der Waals surface area contributed by atoms with Gasteiger partial charge in [0.05, 0.1) is 0 Å². The molecule has 74 valence electrons. The summed E-state index contributed by atoms with van der Waals surface area (Å²) in [6, 6.07) is 3.72. The summed E-state index contributed by atoms with van der Waals surface area (Å²) in [6.45, 7) is 2.75. The molecule has 0 aliphatic rings. The summed E-state index contributed by atoms with van der Waals surface area (Å²) in [5, 5.41) is 6.41. The summed E-state index contributed by atoms with van der Waals surface area (Å²) in [5.41, 5.74) is 0.864. The molecule has 0 aliphatic heterocycles. The Hall–Kier alpha value is -1.07. The van der Waals surface area contributed by atoms with Crippen LogP contribution < -0.4 is 10.6 Å². The third kappa shape index (κ3) is 3.35. The third-order valence-corrected chi connectivity index (χ3v) is 2.07. The minimum absolute atomic E-state index is 0.543. The van der Waals surface area contributed by atoms with Crippen LogP contribution >= 0.6 is 24.4 Å². The number of thiocarbonyl (C=S) groups is 2. The van der Waals surface area contributed by atoms with Crippen molar-refractivity contribution in [2.75, 3.05) is 6.54 Å². The van der Waals surface area contributed by atoms with Gasteiger partial charge in [-0.15, -0.1) is 0 Å². The molecule has 1 aromatic heterocycles. The molecule has 2 N–H and O–H groups in total. The van der Waals surface area contributed by atoms with Gasteiger partial charge in [-0.1, -0.05) is 12.2 Å². The zero-order valence-electron chi connectivity index (χ0n) is 7.78. The number of nitrogens with one attached hydrogen (secondary N) is 2. The lowest BCUT2D eigenvalue weighted by atomic mass is 10.3. The predicted octanol–water partition coefficient (Wildman–Crippen LogP) is 1.24. The lowest BCUT2D eigenvalue weighted by Crippen LogP contribution is -2.38. The van der Waals surface area contributed by atoms with Crippen molar-refractivity contribution < 1.29 is 0 Å². The lowest BCUT2D eigenvalue weighted by Gasteiger charge is -2.09. The van der Waals surface area contributed by atoms with Gasteiger partial charge in [0.2, 0.25) is 0 Å². The van der Waals surface area contributed by atoms with Crippen LogP contribution in [-0.4, -0.2) is 21.6 Å². The molecule has 0 saturated heterocycles. The van der Waals surface area contributed by atoms with Gasteiger partial charge in [0.15, 0.2) is 5.11 Å². The zero-order valence-corrected chi connectivity index (χ0v) is 9.41. The average Bonchev–Trinajstić information content (AvgIpc) is 2.19. The first-order chi connectivity index (χ1) is 6.74. The molecule has 0 fully saturated rings. The molecule has 5 heteroatoms. The smallest absolute Gasteiger partial charge is 0.171 e. The van der Waals surface area contributed by atoms with Gasteiger partial charge < -0.3 is 10.6 Å². The van der Waals surface area contributed by atoms with Crippen LogP contribution in [0.5, 0.6) is 0 Å². The molecule has 3 nitrogen and oxygen atoms in total. The van der Waals surface area contributed by atoms with E-state index in [1.165, 1.54) is 0 Å². The van der Waals surface area contributed by atoms with Crippen LogP contribution in [0.2, 0.25) is 0 Å². The molecule has 0 amide bonds. The molecule has 1 heterocycles. The molecule has 1 rings (SSSR count). The summed E-state index contributed by atoms with van der Waals surface area (Å²) < 4.78 is 0. The molecule has 0 saturated carbocycles. The molecule has 0 spiro atoms. The van der Waals surface area contributed by atoms with Crippen molar-refractivity contribution in [3.63, 3.8) is 0 Å². The summed E-state index contributed by atoms with van der Waals surface area (Å²) in [7, 11) is 0. The number of hydrogen-bond acceptors (Lipinski definition) is 3. The van der Waals surface area contributed by atoms with Gasteiger partial charge in [-0.25, -0.2) is 0 Å². The highest BCUT2D eigenvalue weighted by Gasteiger charge is 2.01. The molecule has 0 atom stereocenters. The number of hydrogen-bond donors (Lipinski definition) is 2. The largest absolute Gasteiger partial charge is 0.363 e. The Morgan fingerprint density at radius 2 is 2.29 bits per heavy atom. The summed E-state index contributed by atoms with van der Waals surface area (Å²) in [4.78, 5) is 4.55. The van der Waals surface area contributed by atoms with E-state index < -0.39 is 0 Å². The Morgan fingerprint density at radius 1 is 1.50 bits per heavy atom. The second kappa shape index (κ2) is 5.62. The van der Waals surface area contributed by atoms with Gasteiger partial charge in [-0.3, -0.25) is 4.98 Å². The fraction of sp³-hybridized carbons (Fsp3) is 0.222. The number of aromatic nitrogens is 1. The average molecular weight is 225 g/mol. The van der Waals surface area contributed by atoms with Gasteiger partial charge >= 0.3 is 0 Å². The molecule has 0 bridgehead atoms. The number of pyridine rings is 1.